The summed E-state index contributed by atoms with van der Waals surface area (Å²) in [5.41, 5.74) is 10.3. The number of carbonyl (C=O) groups excluding carboxylic acids is 1. The number of fused-ring (bicyclic) bond motifs is 1. The first kappa shape index (κ1) is 17.9. The first-order valence-electron chi connectivity index (χ1n) is 8.28. The number of carbonyl (C=O) groups is 1. The molecule has 0 radical (unpaired) electrons. The predicted octanol–water partition coefficient (Wildman–Crippen LogP) is 2.75. The Bertz CT molecular complexity index is 959. The Morgan fingerprint density at radius 2 is 1.77 bits per heavy atom. The number of aryl methyl sites for hydroxylation is 3. The highest BCUT2D eigenvalue weighted by Crippen LogP contribution is 2.19. The van der Waals surface area contributed by atoms with Gasteiger partial charge in [-0.05, 0) is 49.3 Å². The molecular weight excluding hydrogens is 346 g/mol. The number of thiocarbonyl (C=S) groups is 1. The van der Waals surface area contributed by atoms with Gasteiger partial charge in [0.15, 0.2) is 5.11 Å². The van der Waals surface area contributed by atoms with E-state index in [2.05, 4.69) is 21.2 Å². The molecule has 0 spiro atoms. The predicted molar refractivity (Wildman–Crippen MR) is 108 cm³/mol. The van der Waals surface area contributed by atoms with Crippen molar-refractivity contribution in [2.45, 2.75) is 20.3 Å². The first-order valence-corrected chi connectivity index (χ1v) is 8.69. The third kappa shape index (κ3) is 3.83. The van der Waals surface area contributed by atoms with E-state index < -0.39 is 0 Å². The number of anilines is 1. The number of benzene rings is 2. The molecule has 3 aromatic rings. The van der Waals surface area contributed by atoms with Gasteiger partial charge in [-0.25, -0.2) is 4.98 Å². The molecule has 0 aliphatic carbocycles. The van der Waals surface area contributed by atoms with Crippen LogP contribution in [0.4, 0.5) is 5.69 Å². The lowest BCUT2D eigenvalue weighted by Crippen LogP contribution is -2.44. The number of hydrogen-bond donors (Lipinski definition) is 3. The van der Waals surface area contributed by atoms with E-state index in [4.69, 9.17) is 12.2 Å². The average Bonchev–Trinajstić information content (AvgIpc) is 2.93. The van der Waals surface area contributed by atoms with Gasteiger partial charge in [-0.3, -0.25) is 15.6 Å². The summed E-state index contributed by atoms with van der Waals surface area (Å²) in [4.78, 5) is 16.7. The zero-order chi connectivity index (χ0) is 18.7. The second kappa shape index (κ2) is 7.53. The molecule has 0 unspecified atom stereocenters. The summed E-state index contributed by atoms with van der Waals surface area (Å²) in [5.74, 6) is 0.480. The van der Waals surface area contributed by atoms with Crippen molar-refractivity contribution in [3.05, 3.63) is 59.4 Å². The Kier molecular flexibility index (Phi) is 5.18. The number of hydrogen-bond acceptors (Lipinski definition) is 3. The summed E-state index contributed by atoms with van der Waals surface area (Å²) < 4.78 is 1.92. The fourth-order valence-electron chi connectivity index (χ4n) is 2.82. The molecule has 0 bridgehead atoms. The molecule has 3 rings (SSSR count). The Hall–Kier alpha value is -2.93. The molecule has 1 aromatic heterocycles. The van der Waals surface area contributed by atoms with Crippen LogP contribution in [-0.4, -0.2) is 20.6 Å². The van der Waals surface area contributed by atoms with E-state index >= 15 is 0 Å². The van der Waals surface area contributed by atoms with Crippen LogP contribution in [0.3, 0.4) is 0 Å². The van der Waals surface area contributed by atoms with Crippen molar-refractivity contribution in [2.24, 2.45) is 7.05 Å². The smallest absolute Gasteiger partial charge is 0.245 e. The van der Waals surface area contributed by atoms with E-state index in [0.717, 1.165) is 27.8 Å². The number of imidazole rings is 1. The maximum Gasteiger partial charge on any atom is 0.245 e. The van der Waals surface area contributed by atoms with Gasteiger partial charge in [-0.1, -0.05) is 30.3 Å². The summed E-state index contributed by atoms with van der Waals surface area (Å²) in [7, 11) is 1.90. The highest BCUT2D eigenvalue weighted by atomic mass is 32.1. The summed E-state index contributed by atoms with van der Waals surface area (Å²) in [6.45, 7) is 4.00. The van der Waals surface area contributed by atoms with Crippen molar-refractivity contribution in [1.29, 1.82) is 0 Å². The minimum Gasteiger partial charge on any atom is -0.331 e. The van der Waals surface area contributed by atoms with E-state index in [1.807, 2.05) is 67.9 Å². The Labute approximate surface area is 157 Å². The first-order chi connectivity index (χ1) is 12.5. The Morgan fingerprint density at radius 3 is 2.46 bits per heavy atom. The maximum atomic E-state index is 12.2. The molecule has 26 heavy (non-hydrogen) atoms. The van der Waals surface area contributed by atoms with Gasteiger partial charge in [0.1, 0.15) is 5.82 Å². The third-order valence-corrected chi connectivity index (χ3v) is 4.44. The van der Waals surface area contributed by atoms with Crippen molar-refractivity contribution < 1.29 is 4.79 Å². The molecule has 0 fully saturated rings. The number of amides is 1. The molecule has 0 saturated heterocycles. The molecule has 1 heterocycles. The average molecular weight is 367 g/mol. The van der Waals surface area contributed by atoms with Crippen LogP contribution in [0.2, 0.25) is 0 Å². The molecule has 7 heteroatoms. The Balaban J connectivity index is 1.58. The van der Waals surface area contributed by atoms with Crippen LogP contribution in [0.5, 0.6) is 0 Å². The van der Waals surface area contributed by atoms with E-state index in [-0.39, 0.29) is 12.3 Å². The molecule has 0 saturated carbocycles. The minimum absolute atomic E-state index is 0.157. The summed E-state index contributed by atoms with van der Waals surface area (Å²) in [6, 6.07) is 13.8. The van der Waals surface area contributed by atoms with Gasteiger partial charge < -0.3 is 9.88 Å². The summed E-state index contributed by atoms with van der Waals surface area (Å²) >= 11 is 5.26. The van der Waals surface area contributed by atoms with Gasteiger partial charge in [-0.2, -0.15) is 0 Å². The lowest BCUT2D eigenvalue weighted by Gasteiger charge is -2.15. The Morgan fingerprint density at radius 1 is 1.08 bits per heavy atom. The second-order valence-corrected chi connectivity index (χ2v) is 6.55. The fourth-order valence-corrected chi connectivity index (χ4v) is 2.98. The van der Waals surface area contributed by atoms with E-state index in [1.165, 1.54) is 0 Å². The summed E-state index contributed by atoms with van der Waals surface area (Å²) in [6.07, 6.45) is 0.157. The normalized spacial score (nSPS) is 10.6. The zero-order valence-electron chi connectivity index (χ0n) is 15.0. The number of nitrogens with zero attached hydrogens (tertiary/aromatic N) is 2. The van der Waals surface area contributed by atoms with Crippen molar-refractivity contribution in [2.75, 3.05) is 5.32 Å². The second-order valence-electron chi connectivity index (χ2n) is 6.15. The van der Waals surface area contributed by atoms with Crippen LogP contribution in [0, 0.1) is 13.8 Å². The van der Waals surface area contributed by atoms with Crippen LogP contribution in [0.25, 0.3) is 11.0 Å². The lowest BCUT2D eigenvalue weighted by atomic mass is 10.1. The van der Waals surface area contributed by atoms with Crippen LogP contribution >= 0.6 is 12.2 Å². The SMILES string of the molecule is Cc1cccc(C)c1NC(=S)NNC(=O)Cc1nc2ccccc2n1C. The molecule has 0 aliphatic heterocycles. The number of rotatable bonds is 3. The largest absolute Gasteiger partial charge is 0.331 e. The number of nitrogens with one attached hydrogen (secondary N) is 3. The van der Waals surface area contributed by atoms with E-state index in [0.29, 0.717) is 10.9 Å². The van der Waals surface area contributed by atoms with Crippen LogP contribution < -0.4 is 16.2 Å². The lowest BCUT2D eigenvalue weighted by molar-refractivity contribution is -0.121. The van der Waals surface area contributed by atoms with E-state index in [1.54, 1.807) is 0 Å². The van der Waals surface area contributed by atoms with Crippen molar-refractivity contribution >= 4 is 40.0 Å². The highest BCUT2D eigenvalue weighted by Gasteiger charge is 2.12. The number of hydrazine groups is 1. The molecule has 3 N–H and O–H groups in total. The highest BCUT2D eigenvalue weighted by molar-refractivity contribution is 7.80. The number of aromatic nitrogens is 2. The molecule has 0 aliphatic rings. The van der Waals surface area contributed by atoms with Gasteiger partial charge in [0.2, 0.25) is 5.91 Å². The summed E-state index contributed by atoms with van der Waals surface area (Å²) in [5, 5.41) is 3.45. The fraction of sp³-hybridized carbons (Fsp3) is 0.211. The van der Waals surface area contributed by atoms with Crippen molar-refractivity contribution in [3.63, 3.8) is 0 Å². The van der Waals surface area contributed by atoms with Crippen LogP contribution in [0.15, 0.2) is 42.5 Å². The molecule has 134 valence electrons. The van der Waals surface area contributed by atoms with E-state index in [9.17, 15) is 4.79 Å². The zero-order valence-corrected chi connectivity index (χ0v) is 15.8. The molecular formula is C19H21N5OS. The van der Waals surface area contributed by atoms with Crippen molar-refractivity contribution in [3.8, 4) is 0 Å². The van der Waals surface area contributed by atoms with Crippen molar-refractivity contribution in [1.82, 2.24) is 20.4 Å². The molecule has 0 atom stereocenters. The quantitative estimate of drug-likeness (QED) is 0.490. The van der Waals surface area contributed by atoms with Gasteiger partial charge in [-0.15, -0.1) is 0 Å². The standard InChI is InChI=1S/C19H21N5OS/c1-12-7-6-8-13(2)18(12)21-19(26)23-22-17(25)11-16-20-14-9-4-5-10-15(14)24(16)3/h4-10H,11H2,1-3H3,(H,22,25)(H2,21,23,26). The van der Waals surface area contributed by atoms with Gasteiger partial charge >= 0.3 is 0 Å². The molecule has 1 amide bonds. The van der Waals surface area contributed by atoms with Crippen LogP contribution in [-0.2, 0) is 18.3 Å². The third-order valence-electron chi connectivity index (χ3n) is 4.23. The maximum absolute atomic E-state index is 12.2. The number of para-hydroxylation sites is 3. The van der Waals surface area contributed by atoms with Gasteiger partial charge in [0.05, 0.1) is 17.5 Å². The van der Waals surface area contributed by atoms with Crippen LogP contribution in [0.1, 0.15) is 17.0 Å². The van der Waals surface area contributed by atoms with Gasteiger partial charge in [0.25, 0.3) is 0 Å². The molecule has 2 aromatic carbocycles. The minimum atomic E-state index is -0.214. The topological polar surface area (TPSA) is 71.0 Å². The van der Waals surface area contributed by atoms with Gasteiger partial charge in [0, 0.05) is 12.7 Å². The monoisotopic (exact) mass is 367 g/mol. The molecule has 6 nitrogen and oxygen atoms in total.